The summed E-state index contributed by atoms with van der Waals surface area (Å²) in [6, 6.07) is 13.7. The summed E-state index contributed by atoms with van der Waals surface area (Å²) in [5, 5.41) is 10.9. The molecular formula is C13H13FO. The SMILES string of the molecule is OCC(F)Cc1cccc2ccccc12. The molecule has 2 rings (SSSR count). The predicted molar refractivity (Wildman–Crippen MR) is 59.6 cm³/mol. The molecule has 0 aliphatic rings. The van der Waals surface area contributed by atoms with Gasteiger partial charge in [0.05, 0.1) is 6.61 Å². The molecular weight excluding hydrogens is 191 g/mol. The van der Waals surface area contributed by atoms with E-state index < -0.39 is 12.8 Å². The second kappa shape index (κ2) is 4.41. The Bertz CT molecular complexity index is 448. The lowest BCUT2D eigenvalue weighted by Crippen LogP contribution is -2.09. The van der Waals surface area contributed by atoms with Gasteiger partial charge >= 0.3 is 0 Å². The Labute approximate surface area is 88.2 Å². The van der Waals surface area contributed by atoms with Crippen molar-refractivity contribution in [3.8, 4) is 0 Å². The number of fused-ring (bicyclic) bond motifs is 1. The molecule has 1 nitrogen and oxygen atoms in total. The van der Waals surface area contributed by atoms with Crippen molar-refractivity contribution in [2.24, 2.45) is 0 Å². The molecule has 78 valence electrons. The Morgan fingerprint density at radius 2 is 1.80 bits per heavy atom. The van der Waals surface area contributed by atoms with Crippen LogP contribution in [-0.4, -0.2) is 17.9 Å². The molecule has 0 amide bonds. The number of benzene rings is 2. The molecule has 0 saturated heterocycles. The first-order valence-electron chi connectivity index (χ1n) is 5.03. The summed E-state index contributed by atoms with van der Waals surface area (Å²) in [7, 11) is 0. The molecule has 0 bridgehead atoms. The fraction of sp³-hybridized carbons (Fsp3) is 0.231. The van der Waals surface area contributed by atoms with Gasteiger partial charge in [-0.25, -0.2) is 4.39 Å². The Kier molecular flexibility index (Phi) is 2.97. The van der Waals surface area contributed by atoms with E-state index in [4.69, 9.17) is 5.11 Å². The minimum absolute atomic E-state index is 0.276. The minimum Gasteiger partial charge on any atom is -0.393 e. The van der Waals surface area contributed by atoms with Crippen molar-refractivity contribution in [1.82, 2.24) is 0 Å². The fourth-order valence-corrected chi connectivity index (χ4v) is 1.77. The van der Waals surface area contributed by atoms with Gasteiger partial charge in [-0.2, -0.15) is 0 Å². The molecule has 1 unspecified atom stereocenters. The van der Waals surface area contributed by atoms with E-state index >= 15 is 0 Å². The molecule has 0 aliphatic carbocycles. The molecule has 0 aliphatic heterocycles. The van der Waals surface area contributed by atoms with Gasteiger partial charge in [0.15, 0.2) is 0 Å². The number of hydrogen-bond acceptors (Lipinski definition) is 1. The maximum absolute atomic E-state index is 13.1. The molecule has 0 spiro atoms. The standard InChI is InChI=1S/C13H13FO/c14-12(9-15)8-11-6-3-5-10-4-1-2-7-13(10)11/h1-7,12,15H,8-9H2. The van der Waals surface area contributed by atoms with Gasteiger partial charge in [-0.15, -0.1) is 0 Å². The summed E-state index contributed by atoms with van der Waals surface area (Å²) in [5.41, 5.74) is 0.953. The van der Waals surface area contributed by atoms with E-state index in [0.29, 0.717) is 0 Å². The zero-order chi connectivity index (χ0) is 10.7. The topological polar surface area (TPSA) is 20.2 Å². The lowest BCUT2D eigenvalue weighted by Gasteiger charge is -2.08. The van der Waals surface area contributed by atoms with Crippen LogP contribution in [0, 0.1) is 0 Å². The van der Waals surface area contributed by atoms with E-state index in [1.54, 1.807) is 0 Å². The Hall–Kier alpha value is -1.41. The van der Waals surface area contributed by atoms with Crippen molar-refractivity contribution in [2.75, 3.05) is 6.61 Å². The van der Waals surface area contributed by atoms with Crippen molar-refractivity contribution in [2.45, 2.75) is 12.6 Å². The molecule has 2 aromatic carbocycles. The number of hydrogen-bond donors (Lipinski definition) is 1. The van der Waals surface area contributed by atoms with Crippen molar-refractivity contribution in [3.63, 3.8) is 0 Å². The van der Waals surface area contributed by atoms with Gasteiger partial charge in [-0.05, 0) is 16.3 Å². The van der Waals surface area contributed by atoms with Crippen molar-refractivity contribution in [3.05, 3.63) is 48.0 Å². The summed E-state index contributed by atoms with van der Waals surface area (Å²) in [6.45, 7) is -0.413. The van der Waals surface area contributed by atoms with E-state index in [9.17, 15) is 4.39 Å². The monoisotopic (exact) mass is 204 g/mol. The van der Waals surface area contributed by atoms with Gasteiger partial charge in [-0.3, -0.25) is 0 Å². The summed E-state index contributed by atoms with van der Waals surface area (Å²) >= 11 is 0. The van der Waals surface area contributed by atoms with Crippen LogP contribution in [0.2, 0.25) is 0 Å². The normalized spacial score (nSPS) is 12.9. The van der Waals surface area contributed by atoms with Crippen LogP contribution in [0.3, 0.4) is 0 Å². The van der Waals surface area contributed by atoms with Gasteiger partial charge in [0.1, 0.15) is 6.17 Å². The van der Waals surface area contributed by atoms with Crippen LogP contribution in [0.25, 0.3) is 10.8 Å². The van der Waals surface area contributed by atoms with Crippen LogP contribution in [0.15, 0.2) is 42.5 Å². The first-order chi connectivity index (χ1) is 7.31. The summed E-state index contributed by atoms with van der Waals surface area (Å²) in [4.78, 5) is 0. The first kappa shape index (κ1) is 10.1. The molecule has 0 radical (unpaired) electrons. The Morgan fingerprint density at radius 1 is 1.07 bits per heavy atom. The highest BCUT2D eigenvalue weighted by Gasteiger charge is 2.08. The van der Waals surface area contributed by atoms with Gasteiger partial charge in [0.2, 0.25) is 0 Å². The molecule has 0 fully saturated rings. The molecule has 1 N–H and O–H groups in total. The second-order valence-corrected chi connectivity index (χ2v) is 3.62. The van der Waals surface area contributed by atoms with Crippen molar-refractivity contribution >= 4 is 10.8 Å². The Balaban J connectivity index is 2.42. The zero-order valence-electron chi connectivity index (χ0n) is 8.36. The lowest BCUT2D eigenvalue weighted by atomic mass is 10.0. The van der Waals surface area contributed by atoms with Crippen LogP contribution in [0.5, 0.6) is 0 Å². The number of aliphatic hydroxyl groups excluding tert-OH is 1. The summed E-state index contributed by atoms with van der Waals surface area (Å²) < 4.78 is 13.1. The van der Waals surface area contributed by atoms with Gasteiger partial charge < -0.3 is 5.11 Å². The van der Waals surface area contributed by atoms with Crippen LogP contribution in [0.1, 0.15) is 5.56 Å². The largest absolute Gasteiger partial charge is 0.393 e. The number of halogens is 1. The van der Waals surface area contributed by atoms with Gasteiger partial charge in [0.25, 0.3) is 0 Å². The molecule has 1 atom stereocenters. The van der Waals surface area contributed by atoms with E-state index in [2.05, 4.69) is 0 Å². The van der Waals surface area contributed by atoms with E-state index in [1.165, 1.54) is 0 Å². The Morgan fingerprint density at radius 3 is 2.60 bits per heavy atom. The average Bonchev–Trinajstić information content (AvgIpc) is 2.29. The fourth-order valence-electron chi connectivity index (χ4n) is 1.77. The lowest BCUT2D eigenvalue weighted by molar-refractivity contribution is 0.178. The van der Waals surface area contributed by atoms with Crippen molar-refractivity contribution < 1.29 is 9.50 Å². The number of rotatable bonds is 3. The van der Waals surface area contributed by atoms with Crippen LogP contribution < -0.4 is 0 Å². The summed E-state index contributed by atoms with van der Waals surface area (Å²) in [5.74, 6) is 0. The van der Waals surface area contributed by atoms with Crippen LogP contribution in [0.4, 0.5) is 4.39 Å². The highest BCUT2D eigenvalue weighted by molar-refractivity contribution is 5.85. The van der Waals surface area contributed by atoms with Crippen LogP contribution >= 0.6 is 0 Å². The van der Waals surface area contributed by atoms with E-state index in [1.807, 2.05) is 42.5 Å². The predicted octanol–water partition coefficient (Wildman–Crippen LogP) is 2.71. The minimum atomic E-state index is -1.17. The highest BCUT2D eigenvalue weighted by atomic mass is 19.1. The quantitative estimate of drug-likeness (QED) is 0.815. The zero-order valence-corrected chi connectivity index (χ0v) is 8.36. The first-order valence-corrected chi connectivity index (χ1v) is 5.03. The molecule has 15 heavy (non-hydrogen) atoms. The molecule has 0 heterocycles. The second-order valence-electron chi connectivity index (χ2n) is 3.62. The third-order valence-electron chi connectivity index (χ3n) is 2.52. The summed E-state index contributed by atoms with van der Waals surface area (Å²) in [6.07, 6.45) is -0.895. The van der Waals surface area contributed by atoms with Gasteiger partial charge in [-0.1, -0.05) is 42.5 Å². The highest BCUT2D eigenvalue weighted by Crippen LogP contribution is 2.20. The van der Waals surface area contributed by atoms with E-state index in [-0.39, 0.29) is 6.42 Å². The molecule has 0 saturated carbocycles. The van der Waals surface area contributed by atoms with Gasteiger partial charge in [0, 0.05) is 6.42 Å². The number of alkyl halides is 1. The molecule has 2 heteroatoms. The van der Waals surface area contributed by atoms with Crippen LogP contribution in [-0.2, 0) is 6.42 Å². The maximum Gasteiger partial charge on any atom is 0.127 e. The van der Waals surface area contributed by atoms with E-state index in [0.717, 1.165) is 16.3 Å². The molecule has 2 aromatic rings. The third-order valence-corrected chi connectivity index (χ3v) is 2.52. The average molecular weight is 204 g/mol. The molecule has 0 aromatic heterocycles. The maximum atomic E-state index is 13.1. The smallest absolute Gasteiger partial charge is 0.127 e. The third kappa shape index (κ3) is 2.16. The van der Waals surface area contributed by atoms with Crippen molar-refractivity contribution in [1.29, 1.82) is 0 Å². The number of aliphatic hydroxyl groups is 1.